The second-order valence-electron chi connectivity index (χ2n) is 5.54. The van der Waals surface area contributed by atoms with Gasteiger partial charge in [-0.05, 0) is 48.4 Å². The van der Waals surface area contributed by atoms with E-state index in [0.717, 1.165) is 12.2 Å². The molecule has 0 amide bonds. The first-order valence-corrected chi connectivity index (χ1v) is 8.81. The minimum Gasteiger partial charge on any atom is -0.497 e. The summed E-state index contributed by atoms with van der Waals surface area (Å²) in [6.45, 7) is 0.716. The predicted octanol–water partition coefficient (Wildman–Crippen LogP) is 5.19. The number of methoxy groups -OCH3 is 1. The van der Waals surface area contributed by atoms with Gasteiger partial charge in [-0.1, -0.05) is 35.3 Å². The van der Waals surface area contributed by atoms with Crippen LogP contribution in [0.2, 0.25) is 10.0 Å². The van der Waals surface area contributed by atoms with Crippen LogP contribution in [-0.2, 0) is 6.42 Å². The zero-order valence-corrected chi connectivity index (χ0v) is 15.7. The van der Waals surface area contributed by atoms with Crippen molar-refractivity contribution in [2.45, 2.75) is 6.42 Å². The van der Waals surface area contributed by atoms with Crippen molar-refractivity contribution in [3.8, 4) is 5.75 Å². The minimum absolute atomic E-state index is 0.543. The molecule has 134 valence electrons. The number of benzene rings is 2. The van der Waals surface area contributed by atoms with E-state index in [0.29, 0.717) is 34.0 Å². The molecule has 2 aromatic carbocycles. The Bertz CT molecular complexity index is 872. The molecule has 0 atom stereocenters. The normalized spacial score (nSPS) is 10.4. The number of nitrogens with one attached hydrogen (secondary N) is 2. The summed E-state index contributed by atoms with van der Waals surface area (Å²) in [6.07, 6.45) is 2.54. The largest absolute Gasteiger partial charge is 0.497 e. The summed E-state index contributed by atoms with van der Waals surface area (Å²) in [5.41, 5.74) is 1.90. The molecule has 0 radical (unpaired) electrons. The first-order chi connectivity index (χ1) is 12.6. The summed E-state index contributed by atoms with van der Waals surface area (Å²) in [6, 6.07) is 15.0. The highest BCUT2D eigenvalue weighted by atomic mass is 35.5. The van der Waals surface area contributed by atoms with E-state index >= 15 is 0 Å². The van der Waals surface area contributed by atoms with Crippen molar-refractivity contribution < 1.29 is 4.74 Å². The molecular formula is C19H18Cl2N4O. The third-order valence-corrected chi connectivity index (χ3v) is 4.27. The van der Waals surface area contributed by atoms with E-state index in [9.17, 15) is 0 Å². The van der Waals surface area contributed by atoms with E-state index in [-0.39, 0.29) is 0 Å². The van der Waals surface area contributed by atoms with Gasteiger partial charge in [-0.2, -0.15) is 4.98 Å². The minimum atomic E-state index is 0.543. The molecule has 0 saturated heterocycles. The van der Waals surface area contributed by atoms with E-state index in [4.69, 9.17) is 27.9 Å². The third kappa shape index (κ3) is 5.00. The van der Waals surface area contributed by atoms with Gasteiger partial charge in [0.2, 0.25) is 5.95 Å². The molecule has 0 bridgehead atoms. The number of aromatic nitrogens is 2. The van der Waals surface area contributed by atoms with Gasteiger partial charge in [0.05, 0.1) is 17.8 Å². The fraction of sp³-hybridized carbons (Fsp3) is 0.158. The summed E-state index contributed by atoms with van der Waals surface area (Å²) in [4.78, 5) is 8.68. The maximum absolute atomic E-state index is 6.17. The Morgan fingerprint density at radius 1 is 1.04 bits per heavy atom. The van der Waals surface area contributed by atoms with Crippen LogP contribution in [0.5, 0.6) is 5.75 Å². The van der Waals surface area contributed by atoms with Crippen LogP contribution in [0.25, 0.3) is 0 Å². The van der Waals surface area contributed by atoms with Crippen LogP contribution in [0.15, 0.2) is 54.7 Å². The van der Waals surface area contributed by atoms with E-state index in [1.54, 1.807) is 37.6 Å². The molecule has 7 heteroatoms. The van der Waals surface area contributed by atoms with Gasteiger partial charge in [0.1, 0.15) is 11.6 Å². The van der Waals surface area contributed by atoms with Crippen molar-refractivity contribution >= 4 is 40.7 Å². The predicted molar refractivity (Wildman–Crippen MR) is 107 cm³/mol. The number of anilines is 3. The van der Waals surface area contributed by atoms with Crippen LogP contribution >= 0.6 is 23.2 Å². The maximum Gasteiger partial charge on any atom is 0.224 e. The molecule has 1 heterocycles. The first kappa shape index (κ1) is 18.3. The Kier molecular flexibility index (Phi) is 6.15. The number of nitrogens with zero attached hydrogens (tertiary/aromatic N) is 2. The van der Waals surface area contributed by atoms with Crippen LogP contribution in [0.4, 0.5) is 17.5 Å². The van der Waals surface area contributed by atoms with Crippen LogP contribution in [0.3, 0.4) is 0 Å². The van der Waals surface area contributed by atoms with Crippen LogP contribution in [-0.4, -0.2) is 23.6 Å². The Labute approximate surface area is 162 Å². The standard InChI is InChI=1S/C19H18Cl2N4O/c1-26-15-5-2-13(3-6-15)8-10-22-19-23-11-9-18(25-19)24-17-12-14(20)4-7-16(17)21/h2-7,9,11-12H,8,10H2,1H3,(H2,22,23,24,25). The molecular weight excluding hydrogens is 371 g/mol. The van der Waals surface area contributed by atoms with Crippen molar-refractivity contribution in [1.29, 1.82) is 0 Å². The van der Waals surface area contributed by atoms with Crippen LogP contribution in [0.1, 0.15) is 5.56 Å². The molecule has 0 aliphatic rings. The second-order valence-corrected chi connectivity index (χ2v) is 6.38. The second kappa shape index (κ2) is 8.74. The molecule has 0 fully saturated rings. The SMILES string of the molecule is COc1ccc(CCNc2nccc(Nc3cc(Cl)ccc3Cl)n2)cc1. The Balaban J connectivity index is 1.59. The van der Waals surface area contributed by atoms with Crippen LogP contribution < -0.4 is 15.4 Å². The Morgan fingerprint density at radius 3 is 2.62 bits per heavy atom. The molecule has 0 unspecified atom stereocenters. The fourth-order valence-electron chi connectivity index (χ4n) is 2.36. The smallest absolute Gasteiger partial charge is 0.224 e. The monoisotopic (exact) mass is 388 g/mol. The lowest BCUT2D eigenvalue weighted by Crippen LogP contribution is -2.08. The molecule has 1 aromatic heterocycles. The van der Waals surface area contributed by atoms with Crippen molar-refractivity contribution in [2.75, 3.05) is 24.3 Å². The van der Waals surface area contributed by atoms with Gasteiger partial charge in [-0.3, -0.25) is 0 Å². The van der Waals surface area contributed by atoms with Crippen molar-refractivity contribution in [2.24, 2.45) is 0 Å². The number of hydrogen-bond acceptors (Lipinski definition) is 5. The summed E-state index contributed by atoms with van der Waals surface area (Å²) in [7, 11) is 1.66. The highest BCUT2D eigenvalue weighted by Crippen LogP contribution is 2.27. The molecule has 0 aliphatic carbocycles. The molecule has 0 saturated carbocycles. The highest BCUT2D eigenvalue weighted by molar-refractivity contribution is 6.35. The van der Waals surface area contributed by atoms with Crippen molar-refractivity contribution in [1.82, 2.24) is 9.97 Å². The van der Waals surface area contributed by atoms with Gasteiger partial charge in [-0.15, -0.1) is 0 Å². The highest BCUT2D eigenvalue weighted by Gasteiger charge is 2.04. The van der Waals surface area contributed by atoms with Gasteiger partial charge in [0.25, 0.3) is 0 Å². The molecule has 5 nitrogen and oxygen atoms in total. The van der Waals surface area contributed by atoms with E-state index < -0.39 is 0 Å². The summed E-state index contributed by atoms with van der Waals surface area (Å²) in [5.74, 6) is 2.03. The van der Waals surface area contributed by atoms with Crippen LogP contribution in [0, 0.1) is 0 Å². The lowest BCUT2D eigenvalue weighted by atomic mass is 10.1. The third-order valence-electron chi connectivity index (χ3n) is 3.70. The lowest BCUT2D eigenvalue weighted by Gasteiger charge is -2.10. The average Bonchev–Trinajstić information content (AvgIpc) is 2.66. The molecule has 3 rings (SSSR count). The summed E-state index contributed by atoms with van der Waals surface area (Å²) < 4.78 is 5.16. The maximum atomic E-state index is 6.17. The van der Waals surface area contributed by atoms with Crippen molar-refractivity contribution in [3.63, 3.8) is 0 Å². The summed E-state index contributed by atoms with van der Waals surface area (Å²) in [5, 5.41) is 7.55. The topological polar surface area (TPSA) is 59.1 Å². The molecule has 3 aromatic rings. The fourth-order valence-corrected chi connectivity index (χ4v) is 2.69. The Morgan fingerprint density at radius 2 is 1.85 bits per heavy atom. The van der Waals surface area contributed by atoms with Gasteiger partial charge in [0, 0.05) is 17.8 Å². The molecule has 0 spiro atoms. The zero-order valence-electron chi connectivity index (χ0n) is 14.2. The van der Waals surface area contributed by atoms with Gasteiger partial charge in [-0.25, -0.2) is 4.98 Å². The van der Waals surface area contributed by atoms with Gasteiger partial charge in [0.15, 0.2) is 0 Å². The first-order valence-electron chi connectivity index (χ1n) is 8.06. The Hall–Kier alpha value is -2.50. The molecule has 26 heavy (non-hydrogen) atoms. The van der Waals surface area contributed by atoms with E-state index in [2.05, 4.69) is 20.6 Å². The number of ether oxygens (including phenoxy) is 1. The summed E-state index contributed by atoms with van der Waals surface area (Å²) >= 11 is 12.2. The molecule has 0 aliphatic heterocycles. The number of halogens is 2. The van der Waals surface area contributed by atoms with E-state index in [1.807, 2.05) is 24.3 Å². The van der Waals surface area contributed by atoms with Crippen molar-refractivity contribution in [3.05, 3.63) is 70.3 Å². The molecule has 2 N–H and O–H groups in total. The lowest BCUT2D eigenvalue weighted by molar-refractivity contribution is 0.414. The number of rotatable bonds is 7. The quantitative estimate of drug-likeness (QED) is 0.582. The van der Waals surface area contributed by atoms with Gasteiger partial charge < -0.3 is 15.4 Å². The van der Waals surface area contributed by atoms with E-state index in [1.165, 1.54) is 5.56 Å². The van der Waals surface area contributed by atoms with Gasteiger partial charge >= 0.3 is 0 Å². The number of hydrogen-bond donors (Lipinski definition) is 2. The zero-order chi connectivity index (χ0) is 18.4. The average molecular weight is 389 g/mol.